The Bertz CT molecular complexity index is 798. The first-order valence-electron chi connectivity index (χ1n) is 6.75. The van der Waals surface area contributed by atoms with Crippen LogP contribution in [0.2, 0.25) is 0 Å². The van der Waals surface area contributed by atoms with Crippen LogP contribution in [0.1, 0.15) is 6.23 Å². The number of H-pyrrole nitrogens is 1. The second-order valence-corrected chi connectivity index (χ2v) is 6.82. The van der Waals surface area contributed by atoms with Crippen LogP contribution in [-0.2, 0) is 18.8 Å². The monoisotopic (exact) mass is 382 g/mol. The Morgan fingerprint density at radius 2 is 2.00 bits per heavy atom. The Labute approximate surface area is 138 Å². The van der Waals surface area contributed by atoms with Crippen LogP contribution in [0.5, 0.6) is 0 Å². The van der Waals surface area contributed by atoms with Gasteiger partial charge in [0.1, 0.15) is 18.3 Å². The van der Waals surface area contributed by atoms with Gasteiger partial charge in [-0.1, -0.05) is 0 Å². The Balaban J connectivity index is 2.14. The predicted octanol–water partition coefficient (Wildman–Crippen LogP) is -3.24. The van der Waals surface area contributed by atoms with Crippen molar-refractivity contribution in [2.24, 2.45) is 0 Å². The number of aromatic amines is 1. The molecule has 0 aliphatic carbocycles. The predicted molar refractivity (Wildman–Crippen MR) is 76.7 cm³/mol. The molecule has 2 rings (SSSR count). The fraction of sp³-hybridized carbons (Fsp3) is 0.545. The number of ether oxygens (including phenoxy) is 2. The van der Waals surface area contributed by atoms with Crippen LogP contribution in [0.15, 0.2) is 21.9 Å². The molecule has 0 spiro atoms. The maximum atomic E-state index is 11.7. The highest BCUT2D eigenvalue weighted by molar-refractivity contribution is 7.53. The number of aliphatic hydroxyl groups excluding tert-OH is 2. The molecule has 1 aliphatic rings. The Kier molecular flexibility index (Phi) is 5.58. The van der Waals surface area contributed by atoms with E-state index in [1.165, 1.54) is 0 Å². The molecule has 0 bridgehead atoms. The van der Waals surface area contributed by atoms with Gasteiger partial charge in [-0.2, -0.15) is 0 Å². The number of nitrogens with one attached hydrogen (secondary N) is 1. The van der Waals surface area contributed by atoms with Crippen molar-refractivity contribution in [1.82, 2.24) is 9.55 Å². The number of carboxylic acids is 1. The normalized spacial score (nSPS) is 28.0. The molecule has 5 atom stereocenters. The van der Waals surface area contributed by atoms with Crippen molar-refractivity contribution in [1.29, 1.82) is 0 Å². The van der Waals surface area contributed by atoms with E-state index in [0.717, 1.165) is 16.8 Å². The standard InChI is InChI=1S/C11H15N2O11P/c14-5-1-2-13(11(19)12-5)8-7(16)6(15)4(24-8)3-23-10(9(17)18)25(20,21)22/h1-2,4,6-8,10,15-16H,3H2,(H,17,18)(H,12,14,19)(H2,20,21,22)/t4-,6-,7-,8-,10?/m1/s1. The fourth-order valence-corrected chi connectivity index (χ4v) is 2.79. The molecule has 1 fully saturated rings. The highest BCUT2D eigenvalue weighted by atomic mass is 31.2. The summed E-state index contributed by atoms with van der Waals surface area (Å²) in [5.74, 6) is -4.40. The van der Waals surface area contributed by atoms with Gasteiger partial charge < -0.3 is 34.6 Å². The van der Waals surface area contributed by atoms with E-state index < -0.39 is 61.8 Å². The van der Waals surface area contributed by atoms with Crippen molar-refractivity contribution in [3.63, 3.8) is 0 Å². The van der Waals surface area contributed by atoms with Crippen LogP contribution >= 0.6 is 7.60 Å². The third-order valence-electron chi connectivity index (χ3n) is 3.40. The molecule has 1 aromatic rings. The number of nitrogens with zero attached hydrogens (tertiary/aromatic N) is 1. The van der Waals surface area contributed by atoms with Crippen molar-refractivity contribution < 1.29 is 43.9 Å². The van der Waals surface area contributed by atoms with E-state index in [4.69, 9.17) is 19.6 Å². The summed E-state index contributed by atoms with van der Waals surface area (Å²) < 4.78 is 21.6. The first-order chi connectivity index (χ1) is 11.5. The largest absolute Gasteiger partial charge is 0.479 e. The molecule has 14 heteroatoms. The first-order valence-corrected chi connectivity index (χ1v) is 8.43. The molecule has 0 aromatic carbocycles. The van der Waals surface area contributed by atoms with E-state index in [-0.39, 0.29) is 0 Å². The number of carbonyl (C=O) groups is 1. The zero-order valence-electron chi connectivity index (χ0n) is 12.3. The van der Waals surface area contributed by atoms with E-state index in [0.29, 0.717) is 0 Å². The molecule has 25 heavy (non-hydrogen) atoms. The van der Waals surface area contributed by atoms with Crippen LogP contribution in [0.25, 0.3) is 0 Å². The molecule has 1 unspecified atom stereocenters. The lowest BCUT2D eigenvalue weighted by Gasteiger charge is -2.19. The second-order valence-electron chi connectivity index (χ2n) is 5.18. The van der Waals surface area contributed by atoms with Gasteiger partial charge in [-0.3, -0.25) is 18.9 Å². The van der Waals surface area contributed by atoms with Crippen molar-refractivity contribution in [2.75, 3.05) is 6.61 Å². The van der Waals surface area contributed by atoms with Crippen LogP contribution in [0.4, 0.5) is 0 Å². The van der Waals surface area contributed by atoms with Crippen LogP contribution in [0, 0.1) is 0 Å². The van der Waals surface area contributed by atoms with E-state index >= 15 is 0 Å². The fourth-order valence-electron chi connectivity index (χ4n) is 2.22. The summed E-state index contributed by atoms with van der Waals surface area (Å²) in [7, 11) is -5.13. The van der Waals surface area contributed by atoms with Gasteiger partial charge in [0.15, 0.2) is 6.23 Å². The Hall–Kier alpha value is -1.86. The van der Waals surface area contributed by atoms with Gasteiger partial charge in [0.25, 0.3) is 11.4 Å². The van der Waals surface area contributed by atoms with Gasteiger partial charge in [-0.25, -0.2) is 9.59 Å². The molecule has 1 saturated heterocycles. The van der Waals surface area contributed by atoms with Crippen molar-refractivity contribution in [2.45, 2.75) is 30.4 Å². The SMILES string of the molecule is O=C(O)C(OC[C@H]1O[C@@H](n2ccc(=O)[nH]c2=O)[C@H](O)[C@@H]1O)P(=O)(O)O. The zero-order valence-corrected chi connectivity index (χ0v) is 13.2. The number of rotatable bonds is 6. The van der Waals surface area contributed by atoms with Gasteiger partial charge in [0.05, 0.1) is 6.61 Å². The third-order valence-corrected chi connectivity index (χ3v) is 4.38. The number of aliphatic hydroxyl groups is 2. The number of hydrogen-bond donors (Lipinski definition) is 6. The zero-order chi connectivity index (χ0) is 18.9. The first kappa shape index (κ1) is 19.5. The van der Waals surface area contributed by atoms with Gasteiger partial charge in [0, 0.05) is 12.3 Å². The summed E-state index contributed by atoms with van der Waals surface area (Å²) >= 11 is 0. The maximum absolute atomic E-state index is 11.7. The van der Waals surface area contributed by atoms with Crippen LogP contribution in [-0.4, -0.2) is 71.4 Å². The summed E-state index contributed by atoms with van der Waals surface area (Å²) in [4.78, 5) is 53.3. The smallest absolute Gasteiger partial charge is 0.365 e. The molecule has 0 saturated carbocycles. The molecule has 140 valence electrons. The van der Waals surface area contributed by atoms with E-state index in [1.807, 2.05) is 4.98 Å². The van der Waals surface area contributed by atoms with Crippen LogP contribution in [0.3, 0.4) is 0 Å². The minimum Gasteiger partial charge on any atom is -0.479 e. The number of aromatic nitrogens is 2. The maximum Gasteiger partial charge on any atom is 0.365 e. The Morgan fingerprint density at radius 3 is 2.52 bits per heavy atom. The van der Waals surface area contributed by atoms with Gasteiger partial charge in [-0.15, -0.1) is 0 Å². The Morgan fingerprint density at radius 1 is 1.36 bits per heavy atom. The van der Waals surface area contributed by atoms with Gasteiger partial charge >= 0.3 is 19.3 Å². The molecule has 6 N–H and O–H groups in total. The minimum atomic E-state index is -5.13. The van der Waals surface area contributed by atoms with E-state index in [2.05, 4.69) is 4.74 Å². The summed E-state index contributed by atoms with van der Waals surface area (Å²) in [5.41, 5.74) is -1.62. The van der Waals surface area contributed by atoms with E-state index in [1.54, 1.807) is 0 Å². The summed E-state index contributed by atoms with van der Waals surface area (Å²) in [6, 6.07) is 0.974. The highest BCUT2D eigenvalue weighted by Crippen LogP contribution is 2.42. The molecule has 1 aliphatic heterocycles. The summed E-state index contributed by atoms with van der Waals surface area (Å²) in [5, 5.41) is 28.6. The molecular weight excluding hydrogens is 367 g/mol. The number of hydrogen-bond acceptors (Lipinski definition) is 8. The summed E-state index contributed by atoms with van der Waals surface area (Å²) in [6.45, 7) is -0.783. The lowest BCUT2D eigenvalue weighted by molar-refractivity contribution is -0.149. The van der Waals surface area contributed by atoms with E-state index in [9.17, 15) is 29.2 Å². The molecule has 0 radical (unpaired) electrons. The van der Waals surface area contributed by atoms with Crippen molar-refractivity contribution in [3.05, 3.63) is 33.1 Å². The minimum absolute atomic E-state index is 0.694. The lowest BCUT2D eigenvalue weighted by Crippen LogP contribution is -2.38. The van der Waals surface area contributed by atoms with Gasteiger partial charge in [-0.05, 0) is 0 Å². The molecule has 0 amide bonds. The van der Waals surface area contributed by atoms with Gasteiger partial charge in [0.2, 0.25) is 0 Å². The quantitative estimate of drug-likeness (QED) is 0.269. The molecule has 1 aromatic heterocycles. The average Bonchev–Trinajstić information content (AvgIpc) is 2.74. The topological polar surface area (TPSA) is 209 Å². The number of aliphatic carboxylic acids is 1. The third kappa shape index (κ3) is 4.22. The molecular formula is C11H15N2O11P. The summed E-state index contributed by atoms with van der Waals surface area (Å²) in [6.07, 6.45) is -5.08. The number of carboxylic acid groups (broad SMARTS) is 1. The van der Waals surface area contributed by atoms with Crippen molar-refractivity contribution >= 4 is 13.6 Å². The molecule has 2 heterocycles. The van der Waals surface area contributed by atoms with Crippen molar-refractivity contribution in [3.8, 4) is 0 Å². The highest BCUT2D eigenvalue weighted by Gasteiger charge is 2.46. The molecule has 13 nitrogen and oxygen atoms in total. The average molecular weight is 382 g/mol. The lowest BCUT2D eigenvalue weighted by atomic mass is 10.1. The second kappa shape index (κ2) is 7.17. The van der Waals surface area contributed by atoms with Crippen LogP contribution < -0.4 is 11.2 Å².